The Bertz CT molecular complexity index is 2050. The first-order chi connectivity index (χ1) is 22.5. The van der Waals surface area contributed by atoms with Crippen LogP contribution < -0.4 is 9.64 Å². The number of halogens is 1. The van der Waals surface area contributed by atoms with Crippen molar-refractivity contribution in [3.8, 4) is 16.9 Å². The fourth-order valence-corrected chi connectivity index (χ4v) is 8.25. The molecule has 0 saturated carbocycles. The van der Waals surface area contributed by atoms with Gasteiger partial charge in [-0.15, -0.1) is 0 Å². The van der Waals surface area contributed by atoms with Gasteiger partial charge in [-0.3, -0.25) is 0 Å². The molecule has 0 bridgehead atoms. The Morgan fingerprint density at radius 3 is 2.20 bits per heavy atom. The van der Waals surface area contributed by atoms with Gasteiger partial charge in [-0.05, 0) is 70.8 Å². The summed E-state index contributed by atoms with van der Waals surface area (Å²) in [5.74, 6) is 0.897. The standard InChI is InChI=1S/C41H35ClN2O2/c1-4-40(5-2)36-26-30(43-3)16-19-34(36)37-32-8-6-7-9-33(32)39-35(38(37)40)20-21-41(46-39,27-10-14-29(42)15-11-27)28-12-17-31(18-13-28)44-22-24-45-25-23-44/h6-21,26H,4-5,22-25H2,1-2H3. The highest BCUT2D eigenvalue weighted by molar-refractivity contribution is 6.30. The fourth-order valence-electron chi connectivity index (χ4n) is 8.12. The molecule has 8 rings (SSSR count). The van der Waals surface area contributed by atoms with Gasteiger partial charge in [0, 0.05) is 51.3 Å². The van der Waals surface area contributed by atoms with Crippen LogP contribution in [-0.2, 0) is 15.8 Å². The molecule has 1 unspecified atom stereocenters. The van der Waals surface area contributed by atoms with Crippen molar-refractivity contribution in [3.05, 3.63) is 141 Å². The molecule has 46 heavy (non-hydrogen) atoms. The smallest absolute Gasteiger partial charge is 0.187 e. The summed E-state index contributed by atoms with van der Waals surface area (Å²) in [4.78, 5) is 6.19. The molecule has 1 aliphatic carbocycles. The second-order valence-corrected chi connectivity index (χ2v) is 12.9. The zero-order valence-electron chi connectivity index (χ0n) is 26.1. The Morgan fingerprint density at radius 2 is 1.52 bits per heavy atom. The van der Waals surface area contributed by atoms with Gasteiger partial charge in [-0.2, -0.15) is 0 Å². The maximum atomic E-state index is 7.76. The molecule has 2 aliphatic heterocycles. The highest BCUT2D eigenvalue weighted by atomic mass is 35.5. The van der Waals surface area contributed by atoms with Gasteiger partial charge in [-0.25, -0.2) is 4.85 Å². The summed E-state index contributed by atoms with van der Waals surface area (Å²) in [6, 6.07) is 31.7. The summed E-state index contributed by atoms with van der Waals surface area (Å²) < 4.78 is 13.1. The van der Waals surface area contributed by atoms with Crippen molar-refractivity contribution in [1.29, 1.82) is 0 Å². The maximum Gasteiger partial charge on any atom is 0.187 e. The number of rotatable bonds is 5. The van der Waals surface area contributed by atoms with Gasteiger partial charge >= 0.3 is 0 Å². The minimum Gasteiger partial charge on any atom is -0.472 e. The van der Waals surface area contributed by atoms with E-state index < -0.39 is 5.60 Å². The van der Waals surface area contributed by atoms with Crippen molar-refractivity contribution in [2.24, 2.45) is 0 Å². The van der Waals surface area contributed by atoms with Crippen LogP contribution in [-0.4, -0.2) is 26.3 Å². The number of anilines is 1. The van der Waals surface area contributed by atoms with Gasteiger partial charge < -0.3 is 14.4 Å². The number of nitrogens with zero attached hydrogens (tertiary/aromatic N) is 2. The van der Waals surface area contributed by atoms with E-state index in [0.717, 1.165) is 67.0 Å². The Balaban J connectivity index is 1.37. The average molecular weight is 623 g/mol. The van der Waals surface area contributed by atoms with E-state index in [1.165, 1.54) is 33.3 Å². The van der Waals surface area contributed by atoms with Crippen LogP contribution in [0.4, 0.5) is 11.4 Å². The molecule has 5 aromatic carbocycles. The molecule has 0 amide bonds. The zero-order chi connectivity index (χ0) is 31.5. The Hall–Kier alpha value is -4.56. The molecule has 5 aromatic rings. The van der Waals surface area contributed by atoms with Gasteiger partial charge in [0.2, 0.25) is 0 Å². The van der Waals surface area contributed by atoms with Crippen molar-refractivity contribution in [2.75, 3.05) is 31.2 Å². The van der Waals surface area contributed by atoms with Gasteiger partial charge in [0.05, 0.1) is 19.8 Å². The molecular formula is C41H35ClN2O2. The summed E-state index contributed by atoms with van der Waals surface area (Å²) >= 11 is 6.41. The third-order valence-electron chi connectivity index (χ3n) is 10.5. The number of hydrogen-bond acceptors (Lipinski definition) is 3. The van der Waals surface area contributed by atoms with Gasteiger partial charge in [0.15, 0.2) is 11.3 Å². The van der Waals surface area contributed by atoms with Gasteiger partial charge in [-0.1, -0.05) is 98.3 Å². The van der Waals surface area contributed by atoms with Crippen molar-refractivity contribution in [1.82, 2.24) is 0 Å². The SMILES string of the molecule is [C-]#[N+]c1ccc2c(c1)C(CC)(CC)c1c3c(c4ccccc4c1-2)OC(c1ccc(Cl)cc1)(c1ccc(N2CCOCC2)cc1)C=C3. The van der Waals surface area contributed by atoms with Crippen LogP contribution in [0, 0.1) is 6.57 Å². The number of fused-ring (bicyclic) bond motifs is 8. The van der Waals surface area contributed by atoms with E-state index in [1.807, 2.05) is 18.2 Å². The van der Waals surface area contributed by atoms with Crippen molar-refractivity contribution in [2.45, 2.75) is 37.7 Å². The molecule has 228 valence electrons. The Labute approximate surface area is 275 Å². The molecule has 5 heteroatoms. The molecule has 0 radical (unpaired) electrons. The van der Waals surface area contributed by atoms with Crippen molar-refractivity contribution in [3.63, 3.8) is 0 Å². The molecular weight excluding hydrogens is 588 g/mol. The lowest BCUT2D eigenvalue weighted by atomic mass is 9.71. The van der Waals surface area contributed by atoms with E-state index >= 15 is 0 Å². The third-order valence-corrected chi connectivity index (χ3v) is 10.8. The van der Waals surface area contributed by atoms with Crippen molar-refractivity contribution >= 4 is 39.8 Å². The molecule has 0 spiro atoms. The van der Waals surface area contributed by atoms with Crippen molar-refractivity contribution < 1.29 is 9.47 Å². The number of morpholine rings is 1. The minimum absolute atomic E-state index is 0.229. The molecule has 3 aliphatic rings. The zero-order valence-corrected chi connectivity index (χ0v) is 26.9. The summed E-state index contributed by atoms with van der Waals surface area (Å²) in [7, 11) is 0. The second-order valence-electron chi connectivity index (χ2n) is 12.5. The third kappa shape index (κ3) is 4.15. The lowest BCUT2D eigenvalue weighted by Crippen LogP contribution is -2.37. The van der Waals surface area contributed by atoms with Crippen LogP contribution in [0.5, 0.6) is 5.75 Å². The molecule has 1 fully saturated rings. The normalized spacial score (nSPS) is 19.2. The topological polar surface area (TPSA) is 26.1 Å². The van der Waals surface area contributed by atoms with Crippen LogP contribution in [0.25, 0.3) is 32.8 Å². The maximum absolute atomic E-state index is 7.76. The highest BCUT2D eigenvalue weighted by Crippen LogP contribution is 2.60. The second kappa shape index (κ2) is 11.1. The fraction of sp³-hybridized carbons (Fsp3) is 0.244. The van der Waals surface area contributed by atoms with Crippen LogP contribution in [0.1, 0.15) is 54.5 Å². The lowest BCUT2D eigenvalue weighted by Gasteiger charge is -2.39. The molecule has 0 N–H and O–H groups in total. The molecule has 0 aromatic heterocycles. The van der Waals surface area contributed by atoms with E-state index in [4.69, 9.17) is 27.6 Å². The summed E-state index contributed by atoms with van der Waals surface area (Å²) in [6.45, 7) is 15.6. The predicted octanol–water partition coefficient (Wildman–Crippen LogP) is 10.3. The van der Waals surface area contributed by atoms with E-state index in [2.05, 4.69) is 109 Å². The molecule has 1 atom stereocenters. The summed E-state index contributed by atoms with van der Waals surface area (Å²) in [5, 5.41) is 2.96. The molecule has 1 saturated heterocycles. The lowest BCUT2D eigenvalue weighted by molar-refractivity contribution is 0.122. The van der Waals surface area contributed by atoms with Gasteiger partial charge in [0.25, 0.3) is 0 Å². The molecule has 2 heterocycles. The van der Waals surface area contributed by atoms with E-state index in [1.54, 1.807) is 0 Å². The number of benzene rings is 5. The largest absolute Gasteiger partial charge is 0.472 e. The van der Waals surface area contributed by atoms with E-state index in [-0.39, 0.29) is 5.41 Å². The van der Waals surface area contributed by atoms with E-state index in [9.17, 15) is 0 Å². The summed E-state index contributed by atoms with van der Waals surface area (Å²) in [5.41, 5.74) is 9.05. The van der Waals surface area contributed by atoms with Crippen LogP contribution in [0.15, 0.2) is 97.1 Å². The van der Waals surface area contributed by atoms with E-state index in [0.29, 0.717) is 10.7 Å². The number of hydrogen-bond donors (Lipinski definition) is 0. The first-order valence-corrected chi connectivity index (χ1v) is 16.6. The highest BCUT2D eigenvalue weighted by Gasteiger charge is 2.46. The first-order valence-electron chi connectivity index (χ1n) is 16.2. The monoisotopic (exact) mass is 622 g/mol. The Kier molecular flexibility index (Phi) is 6.94. The number of ether oxygens (including phenoxy) is 2. The van der Waals surface area contributed by atoms with Gasteiger partial charge in [0.1, 0.15) is 5.75 Å². The minimum atomic E-state index is -0.859. The molecule has 4 nitrogen and oxygen atoms in total. The quantitative estimate of drug-likeness (QED) is 0.182. The predicted molar refractivity (Wildman–Crippen MR) is 188 cm³/mol. The summed E-state index contributed by atoms with van der Waals surface area (Å²) in [6.07, 6.45) is 6.39. The Morgan fingerprint density at radius 1 is 0.848 bits per heavy atom. The average Bonchev–Trinajstić information content (AvgIpc) is 3.42. The van der Waals surface area contributed by atoms with Crippen LogP contribution in [0.3, 0.4) is 0 Å². The van der Waals surface area contributed by atoms with Crippen LogP contribution >= 0.6 is 11.6 Å². The van der Waals surface area contributed by atoms with Crippen LogP contribution in [0.2, 0.25) is 5.02 Å². The first kappa shape index (κ1) is 28.9.